The third-order valence-electron chi connectivity index (χ3n) is 5.38. The lowest BCUT2D eigenvalue weighted by atomic mass is 10.0. The van der Waals surface area contributed by atoms with Gasteiger partial charge in [0.1, 0.15) is 16.8 Å². The highest BCUT2D eigenvalue weighted by Crippen LogP contribution is 2.31. The Morgan fingerprint density at radius 3 is 2.53 bits per heavy atom. The summed E-state index contributed by atoms with van der Waals surface area (Å²) < 4.78 is 7.06. The third-order valence-corrected chi connectivity index (χ3v) is 5.38. The van der Waals surface area contributed by atoms with Gasteiger partial charge in [-0.05, 0) is 38.3 Å². The number of aromatic nitrogens is 3. The molecule has 0 aliphatic heterocycles. The van der Waals surface area contributed by atoms with E-state index in [0.29, 0.717) is 34.2 Å². The third kappa shape index (κ3) is 3.72. The predicted molar refractivity (Wildman–Crippen MR) is 122 cm³/mol. The number of H-pyrrole nitrogens is 1. The van der Waals surface area contributed by atoms with Crippen LogP contribution in [0.1, 0.15) is 51.8 Å². The van der Waals surface area contributed by atoms with Crippen LogP contribution < -0.4 is 25.9 Å². The topological polar surface area (TPSA) is 75.0 Å². The van der Waals surface area contributed by atoms with Gasteiger partial charge in [-0.25, -0.2) is 9.98 Å². The molecule has 7 heteroatoms. The van der Waals surface area contributed by atoms with Gasteiger partial charge in [-0.3, -0.25) is 9.89 Å². The van der Waals surface area contributed by atoms with E-state index >= 15 is 0 Å². The van der Waals surface area contributed by atoms with Crippen molar-refractivity contribution in [3.63, 3.8) is 0 Å². The molecule has 3 rings (SSSR count). The van der Waals surface area contributed by atoms with E-state index in [-0.39, 0.29) is 11.5 Å². The fourth-order valence-corrected chi connectivity index (χ4v) is 3.75. The molecule has 30 heavy (non-hydrogen) atoms. The number of nitrogens with zero attached hydrogens (tertiary/aromatic N) is 4. The zero-order chi connectivity index (χ0) is 22.0. The van der Waals surface area contributed by atoms with Gasteiger partial charge in [0.15, 0.2) is 5.65 Å². The average Bonchev–Trinajstić information content (AvgIpc) is 3.05. The maximum atomic E-state index is 13.0. The van der Waals surface area contributed by atoms with Crippen LogP contribution in [0.15, 0.2) is 28.0 Å². The molecular formula is C23H31N5O2. The summed E-state index contributed by atoms with van der Waals surface area (Å²) in [6.07, 6.45) is 0.626. The van der Waals surface area contributed by atoms with Crippen molar-refractivity contribution in [3.05, 3.63) is 50.5 Å². The Morgan fingerprint density at radius 2 is 1.97 bits per heavy atom. The first-order valence-electron chi connectivity index (χ1n) is 10.5. The monoisotopic (exact) mass is 409 g/mol. The molecule has 0 bridgehead atoms. The highest BCUT2D eigenvalue weighted by molar-refractivity contribution is 5.62. The summed E-state index contributed by atoms with van der Waals surface area (Å²) in [4.78, 5) is 24.8. The highest BCUT2D eigenvalue weighted by Gasteiger charge is 2.17. The van der Waals surface area contributed by atoms with Crippen LogP contribution in [0.4, 0.5) is 11.4 Å². The second-order valence-corrected chi connectivity index (χ2v) is 7.53. The number of hydrogen-bond acceptors (Lipinski definition) is 5. The zero-order valence-corrected chi connectivity index (χ0v) is 18.7. The van der Waals surface area contributed by atoms with E-state index in [2.05, 4.69) is 30.4 Å². The standard InChI is InChI=1S/C23H31N5O2/c1-8-17-20(14(4)5)25-22-21(15(6)26-28(22)23(17)29)24-18-12-11-16(13-19(18)30-7)27(9-2)10-3/h11-14,26H,6,8-10H2,1-5,7H3. The smallest absolute Gasteiger partial charge is 0.276 e. The van der Waals surface area contributed by atoms with Gasteiger partial charge in [-0.1, -0.05) is 27.4 Å². The number of aromatic amines is 1. The molecule has 0 aliphatic rings. The van der Waals surface area contributed by atoms with E-state index in [1.165, 1.54) is 4.52 Å². The molecule has 0 saturated carbocycles. The van der Waals surface area contributed by atoms with E-state index < -0.39 is 0 Å². The van der Waals surface area contributed by atoms with Crippen molar-refractivity contribution in [2.75, 3.05) is 25.1 Å². The number of methoxy groups -OCH3 is 1. The molecule has 0 spiro atoms. The van der Waals surface area contributed by atoms with Crippen molar-refractivity contribution in [1.29, 1.82) is 0 Å². The summed E-state index contributed by atoms with van der Waals surface area (Å²) in [6, 6.07) is 5.94. The average molecular weight is 410 g/mol. The van der Waals surface area contributed by atoms with Crippen LogP contribution in [0.5, 0.6) is 5.75 Å². The summed E-state index contributed by atoms with van der Waals surface area (Å²) in [5.41, 5.74) is 3.66. The van der Waals surface area contributed by atoms with Crippen molar-refractivity contribution < 1.29 is 4.74 Å². The van der Waals surface area contributed by atoms with Crippen LogP contribution in [-0.2, 0) is 6.42 Å². The number of ether oxygens (including phenoxy) is 1. The van der Waals surface area contributed by atoms with Gasteiger partial charge in [-0.2, -0.15) is 4.52 Å². The Morgan fingerprint density at radius 1 is 1.27 bits per heavy atom. The first-order chi connectivity index (χ1) is 14.4. The molecule has 7 nitrogen and oxygen atoms in total. The van der Waals surface area contributed by atoms with Crippen LogP contribution in [0.2, 0.25) is 0 Å². The minimum absolute atomic E-state index is 0.0959. The zero-order valence-electron chi connectivity index (χ0n) is 18.7. The molecule has 0 unspecified atom stereocenters. The second kappa shape index (κ2) is 8.73. The Labute approximate surface area is 176 Å². The van der Waals surface area contributed by atoms with E-state index in [0.717, 1.165) is 30.0 Å². The summed E-state index contributed by atoms with van der Waals surface area (Å²) in [5, 5.41) is 4.12. The minimum atomic E-state index is -0.0959. The van der Waals surface area contributed by atoms with E-state index in [9.17, 15) is 4.79 Å². The number of fused-ring (bicyclic) bond motifs is 1. The Balaban J connectivity index is 2.28. The number of hydrogen-bond donors (Lipinski definition) is 1. The fraction of sp³-hybridized carbons (Fsp3) is 0.435. The molecule has 0 amide bonds. The van der Waals surface area contributed by atoms with Gasteiger partial charge in [0, 0.05) is 30.4 Å². The van der Waals surface area contributed by atoms with Crippen LogP contribution >= 0.6 is 0 Å². The van der Waals surface area contributed by atoms with Crippen LogP contribution in [-0.4, -0.2) is 34.8 Å². The maximum absolute atomic E-state index is 13.0. The van der Waals surface area contributed by atoms with Gasteiger partial charge in [0.05, 0.1) is 18.2 Å². The van der Waals surface area contributed by atoms with E-state index in [1.807, 2.05) is 39.0 Å². The summed E-state index contributed by atoms with van der Waals surface area (Å²) in [6.45, 7) is 16.2. The Hall–Kier alpha value is -3.09. The molecule has 0 saturated heterocycles. The Kier molecular flexibility index (Phi) is 6.29. The van der Waals surface area contributed by atoms with Crippen LogP contribution in [0.25, 0.3) is 12.2 Å². The predicted octanol–water partition coefficient (Wildman–Crippen LogP) is 2.92. The molecule has 1 N–H and O–H groups in total. The Bertz CT molecular complexity index is 1220. The number of nitrogens with one attached hydrogen (secondary N) is 1. The normalized spacial score (nSPS) is 12.2. The first kappa shape index (κ1) is 21.6. The van der Waals surface area contributed by atoms with Gasteiger partial charge >= 0.3 is 0 Å². The number of rotatable bonds is 7. The largest absolute Gasteiger partial charge is 0.494 e. The second-order valence-electron chi connectivity index (χ2n) is 7.53. The van der Waals surface area contributed by atoms with Crippen LogP contribution in [0.3, 0.4) is 0 Å². The number of anilines is 1. The molecule has 160 valence electrons. The molecule has 1 aromatic carbocycles. The molecule has 0 fully saturated rings. The summed E-state index contributed by atoms with van der Waals surface area (Å²) in [7, 11) is 1.63. The molecular weight excluding hydrogens is 378 g/mol. The molecule has 0 radical (unpaired) electrons. The van der Waals surface area contributed by atoms with Crippen LogP contribution in [0, 0.1) is 0 Å². The first-order valence-corrected chi connectivity index (χ1v) is 10.5. The van der Waals surface area contributed by atoms with Gasteiger partial charge < -0.3 is 9.64 Å². The molecule has 0 aliphatic carbocycles. The maximum Gasteiger partial charge on any atom is 0.276 e. The quantitative estimate of drug-likeness (QED) is 0.651. The SMILES string of the molecule is C=c1[nH]n2c(=O)c(CC)c(C(C)C)nc2c1=Nc1ccc(N(CC)CC)cc1OC. The fourth-order valence-electron chi connectivity index (χ4n) is 3.75. The van der Waals surface area contributed by atoms with Crippen molar-refractivity contribution in [3.8, 4) is 5.75 Å². The molecule has 0 atom stereocenters. The van der Waals surface area contributed by atoms with Crippen molar-refractivity contribution in [2.24, 2.45) is 4.99 Å². The van der Waals surface area contributed by atoms with Gasteiger partial charge in [0.25, 0.3) is 5.56 Å². The van der Waals surface area contributed by atoms with E-state index in [1.54, 1.807) is 7.11 Å². The summed E-state index contributed by atoms with van der Waals surface area (Å²) in [5.74, 6) is 0.798. The summed E-state index contributed by atoms with van der Waals surface area (Å²) >= 11 is 0. The minimum Gasteiger partial charge on any atom is -0.494 e. The lowest BCUT2D eigenvalue weighted by molar-refractivity contribution is 0.416. The molecule has 2 aromatic heterocycles. The van der Waals surface area contributed by atoms with Gasteiger partial charge in [-0.15, -0.1) is 0 Å². The molecule has 3 aromatic rings. The van der Waals surface area contributed by atoms with Crippen molar-refractivity contribution in [1.82, 2.24) is 14.6 Å². The van der Waals surface area contributed by atoms with E-state index in [4.69, 9.17) is 14.7 Å². The highest BCUT2D eigenvalue weighted by atomic mass is 16.5. The van der Waals surface area contributed by atoms with Crippen molar-refractivity contribution >= 4 is 23.6 Å². The van der Waals surface area contributed by atoms with Gasteiger partial charge in [0.2, 0.25) is 0 Å². The lowest BCUT2D eigenvalue weighted by Crippen LogP contribution is -2.24. The van der Waals surface area contributed by atoms with Crippen molar-refractivity contribution in [2.45, 2.75) is 47.0 Å². The molecule has 2 heterocycles. The number of benzene rings is 1. The lowest BCUT2D eigenvalue weighted by Gasteiger charge is -2.21.